The molecule has 3 N–H and O–H groups in total. The maximum Gasteiger partial charge on any atom is 0.135 e. The van der Waals surface area contributed by atoms with Gasteiger partial charge in [-0.15, -0.1) is 0 Å². The molecule has 3 rings (SSSR count). The maximum atomic E-state index is 9.53. The largest absolute Gasteiger partial charge is 0.391 e. The lowest BCUT2D eigenvalue weighted by Crippen LogP contribution is -2.22. The van der Waals surface area contributed by atoms with Crippen LogP contribution in [0.5, 0.6) is 0 Å². The van der Waals surface area contributed by atoms with Crippen molar-refractivity contribution in [2.24, 2.45) is 0 Å². The van der Waals surface area contributed by atoms with Crippen LogP contribution in [-0.2, 0) is 0 Å². The van der Waals surface area contributed by atoms with Gasteiger partial charge in [0.2, 0.25) is 0 Å². The van der Waals surface area contributed by atoms with Crippen LogP contribution in [0.4, 0.5) is 17.3 Å². The zero-order valence-electron chi connectivity index (χ0n) is 9.87. The summed E-state index contributed by atoms with van der Waals surface area (Å²) in [5, 5.41) is 12.7. The van der Waals surface area contributed by atoms with Crippen molar-refractivity contribution in [1.82, 2.24) is 15.0 Å². The van der Waals surface area contributed by atoms with E-state index in [0.29, 0.717) is 6.54 Å². The highest BCUT2D eigenvalue weighted by Gasteiger charge is 2.21. The molecule has 2 aromatic heterocycles. The molecule has 0 bridgehead atoms. The van der Waals surface area contributed by atoms with Gasteiger partial charge in [0, 0.05) is 31.5 Å². The topological polar surface area (TPSA) is 77.1 Å². The second kappa shape index (κ2) is 4.66. The van der Waals surface area contributed by atoms with Gasteiger partial charge >= 0.3 is 0 Å². The first-order valence-corrected chi connectivity index (χ1v) is 5.96. The van der Waals surface area contributed by atoms with Crippen LogP contribution in [-0.4, -0.2) is 39.3 Å². The van der Waals surface area contributed by atoms with Crippen molar-refractivity contribution in [2.75, 3.05) is 23.3 Å². The van der Waals surface area contributed by atoms with Crippen LogP contribution < -0.4 is 10.2 Å². The van der Waals surface area contributed by atoms with E-state index in [1.165, 1.54) is 6.33 Å². The molecule has 2 aromatic rings. The van der Waals surface area contributed by atoms with E-state index in [4.69, 9.17) is 0 Å². The summed E-state index contributed by atoms with van der Waals surface area (Å²) in [6.45, 7) is 1.47. The first-order valence-electron chi connectivity index (χ1n) is 5.96. The molecule has 18 heavy (non-hydrogen) atoms. The van der Waals surface area contributed by atoms with Gasteiger partial charge in [0.25, 0.3) is 0 Å². The van der Waals surface area contributed by atoms with Crippen LogP contribution in [0.1, 0.15) is 6.42 Å². The van der Waals surface area contributed by atoms with Crippen LogP contribution in [0.3, 0.4) is 0 Å². The first kappa shape index (κ1) is 11.0. The van der Waals surface area contributed by atoms with E-state index in [2.05, 4.69) is 25.2 Å². The maximum absolute atomic E-state index is 9.53. The van der Waals surface area contributed by atoms with Crippen molar-refractivity contribution in [3.8, 4) is 0 Å². The molecule has 1 atom stereocenters. The number of aliphatic hydroxyl groups excluding tert-OH is 1. The number of rotatable bonds is 3. The first-order chi connectivity index (χ1) is 8.81. The number of H-pyrrole nitrogens is 1. The van der Waals surface area contributed by atoms with Crippen molar-refractivity contribution < 1.29 is 5.11 Å². The number of hydrogen-bond acceptors (Lipinski definition) is 5. The van der Waals surface area contributed by atoms with E-state index in [-0.39, 0.29) is 6.10 Å². The van der Waals surface area contributed by atoms with Crippen LogP contribution in [0.2, 0.25) is 0 Å². The fourth-order valence-corrected chi connectivity index (χ4v) is 2.09. The molecule has 1 fully saturated rings. The Bertz CT molecular complexity index is 513. The average molecular weight is 245 g/mol. The number of aliphatic hydroxyl groups is 1. The zero-order chi connectivity index (χ0) is 12.4. The van der Waals surface area contributed by atoms with Gasteiger partial charge in [0.05, 0.1) is 11.8 Å². The van der Waals surface area contributed by atoms with E-state index in [9.17, 15) is 5.11 Å². The van der Waals surface area contributed by atoms with Gasteiger partial charge in [0.15, 0.2) is 0 Å². The number of aromatic amines is 1. The van der Waals surface area contributed by atoms with Crippen LogP contribution in [0.15, 0.2) is 30.9 Å². The fraction of sp³-hybridized carbons (Fsp3) is 0.333. The van der Waals surface area contributed by atoms with Gasteiger partial charge in [-0.25, -0.2) is 9.97 Å². The Hall–Kier alpha value is -2.08. The van der Waals surface area contributed by atoms with Gasteiger partial charge in [0.1, 0.15) is 18.0 Å². The molecular formula is C12H15N5O. The van der Waals surface area contributed by atoms with Crippen molar-refractivity contribution >= 4 is 17.3 Å². The molecule has 1 saturated heterocycles. The average Bonchev–Trinajstić information content (AvgIpc) is 3.01. The predicted octanol–water partition coefficient (Wildman–Crippen LogP) is 1.12. The summed E-state index contributed by atoms with van der Waals surface area (Å²) < 4.78 is 0. The lowest BCUT2D eigenvalue weighted by atomic mass is 10.3. The summed E-state index contributed by atoms with van der Waals surface area (Å²) in [6, 6.07) is 3.83. The minimum atomic E-state index is -0.249. The zero-order valence-corrected chi connectivity index (χ0v) is 9.87. The summed E-state index contributed by atoms with van der Waals surface area (Å²) in [4.78, 5) is 13.5. The van der Waals surface area contributed by atoms with E-state index in [0.717, 1.165) is 30.3 Å². The fourth-order valence-electron chi connectivity index (χ4n) is 2.09. The summed E-state index contributed by atoms with van der Waals surface area (Å²) in [5.74, 6) is 1.60. The minimum absolute atomic E-state index is 0.249. The number of β-amino-alcohol motifs (C(OH)–C–C–N with tert-alkyl or cyclic N) is 1. The number of nitrogens with one attached hydrogen (secondary N) is 2. The Balaban J connectivity index is 1.76. The van der Waals surface area contributed by atoms with E-state index < -0.39 is 0 Å². The number of hydrogen-bond donors (Lipinski definition) is 3. The molecule has 0 aliphatic carbocycles. The molecule has 0 saturated carbocycles. The van der Waals surface area contributed by atoms with E-state index >= 15 is 0 Å². The molecule has 0 amide bonds. The molecule has 94 valence electrons. The molecule has 1 unspecified atom stereocenters. The van der Waals surface area contributed by atoms with Crippen molar-refractivity contribution in [1.29, 1.82) is 0 Å². The Labute approximate surface area is 105 Å². The Kier molecular flexibility index (Phi) is 2.85. The summed E-state index contributed by atoms with van der Waals surface area (Å²) >= 11 is 0. The molecule has 1 aliphatic rings. The molecule has 3 heterocycles. The van der Waals surface area contributed by atoms with Crippen LogP contribution >= 0.6 is 0 Å². The van der Waals surface area contributed by atoms with Crippen molar-refractivity contribution in [3.05, 3.63) is 30.9 Å². The second-order valence-electron chi connectivity index (χ2n) is 4.37. The molecule has 1 aliphatic heterocycles. The Morgan fingerprint density at radius 1 is 1.44 bits per heavy atom. The molecule has 6 heteroatoms. The third-order valence-electron chi connectivity index (χ3n) is 3.01. The molecule has 6 nitrogen and oxygen atoms in total. The van der Waals surface area contributed by atoms with E-state index in [1.54, 1.807) is 0 Å². The highest BCUT2D eigenvalue weighted by Crippen LogP contribution is 2.21. The number of aromatic nitrogens is 3. The second-order valence-corrected chi connectivity index (χ2v) is 4.37. The van der Waals surface area contributed by atoms with Crippen LogP contribution in [0, 0.1) is 0 Å². The smallest absolute Gasteiger partial charge is 0.135 e. The lowest BCUT2D eigenvalue weighted by molar-refractivity contribution is 0.198. The van der Waals surface area contributed by atoms with Gasteiger partial charge in [-0.3, -0.25) is 0 Å². The van der Waals surface area contributed by atoms with Gasteiger partial charge in [-0.05, 0) is 12.5 Å². The highest BCUT2D eigenvalue weighted by molar-refractivity contribution is 5.58. The van der Waals surface area contributed by atoms with Crippen LogP contribution in [0.25, 0.3) is 0 Å². The SMILES string of the molecule is OC1CCN(c2cc(Nc3cc[nH]c3)ncn2)C1. The molecule has 0 radical (unpaired) electrons. The molecule has 0 spiro atoms. The molecule has 0 aromatic carbocycles. The lowest BCUT2D eigenvalue weighted by Gasteiger charge is -2.16. The third kappa shape index (κ3) is 2.28. The third-order valence-corrected chi connectivity index (χ3v) is 3.01. The van der Waals surface area contributed by atoms with Crippen molar-refractivity contribution in [3.63, 3.8) is 0 Å². The highest BCUT2D eigenvalue weighted by atomic mass is 16.3. The van der Waals surface area contributed by atoms with Gasteiger partial charge in [-0.1, -0.05) is 0 Å². The summed E-state index contributed by atoms with van der Waals surface area (Å²) in [5.41, 5.74) is 0.959. The predicted molar refractivity (Wildman–Crippen MR) is 68.9 cm³/mol. The molecular weight excluding hydrogens is 230 g/mol. The number of anilines is 3. The monoisotopic (exact) mass is 245 g/mol. The van der Waals surface area contributed by atoms with E-state index in [1.807, 2.05) is 24.5 Å². The Morgan fingerprint density at radius 2 is 2.39 bits per heavy atom. The standard InChI is InChI=1S/C12H15N5O/c18-10-2-4-17(7-10)12-5-11(14-8-15-12)16-9-1-3-13-6-9/h1,3,5-6,8,10,13,18H,2,4,7H2,(H,14,15,16). The minimum Gasteiger partial charge on any atom is -0.391 e. The quantitative estimate of drug-likeness (QED) is 0.755. The van der Waals surface area contributed by atoms with Crippen molar-refractivity contribution in [2.45, 2.75) is 12.5 Å². The van der Waals surface area contributed by atoms with Gasteiger partial charge < -0.3 is 20.3 Å². The number of nitrogens with zero attached hydrogens (tertiary/aromatic N) is 3. The summed E-state index contributed by atoms with van der Waals surface area (Å²) in [7, 11) is 0. The van der Waals surface area contributed by atoms with Gasteiger partial charge in [-0.2, -0.15) is 0 Å². The Morgan fingerprint density at radius 3 is 3.11 bits per heavy atom. The normalized spacial score (nSPS) is 19.2. The summed E-state index contributed by atoms with van der Waals surface area (Å²) in [6.07, 6.45) is 5.79.